The minimum atomic E-state index is -0.895. The SMILES string of the molecule is CCCCCCCN(CCc1csc(SC(C)(C)C(=O)O)n1)c1nccc(N2CCOCC2)n1. The first kappa shape index (κ1) is 26.7. The van der Waals surface area contributed by atoms with Crippen LogP contribution in [0.1, 0.15) is 58.6 Å². The molecule has 0 amide bonds. The van der Waals surface area contributed by atoms with E-state index in [-0.39, 0.29) is 0 Å². The molecular weight excluding hydrogens is 470 g/mol. The average Bonchev–Trinajstić information content (AvgIpc) is 3.28. The number of thioether (sulfide) groups is 1. The van der Waals surface area contributed by atoms with Crippen LogP contribution in [0, 0.1) is 0 Å². The Morgan fingerprint density at radius 2 is 1.97 bits per heavy atom. The minimum absolute atomic E-state index is 0.726. The summed E-state index contributed by atoms with van der Waals surface area (Å²) in [5, 5.41) is 11.4. The van der Waals surface area contributed by atoms with Gasteiger partial charge in [-0.25, -0.2) is 9.97 Å². The van der Waals surface area contributed by atoms with Crippen LogP contribution in [0.5, 0.6) is 0 Å². The highest BCUT2D eigenvalue weighted by molar-refractivity contribution is 8.02. The van der Waals surface area contributed by atoms with Crippen molar-refractivity contribution >= 4 is 40.8 Å². The molecule has 188 valence electrons. The summed E-state index contributed by atoms with van der Waals surface area (Å²) in [6, 6.07) is 1.97. The Morgan fingerprint density at radius 1 is 1.21 bits per heavy atom. The quantitative estimate of drug-likeness (QED) is 0.287. The molecule has 2 aromatic heterocycles. The first-order chi connectivity index (χ1) is 16.4. The molecule has 3 rings (SSSR count). The third-order valence-electron chi connectivity index (χ3n) is 5.80. The van der Waals surface area contributed by atoms with Crippen LogP contribution in [0.2, 0.25) is 0 Å². The molecule has 0 radical (unpaired) electrons. The lowest BCUT2D eigenvalue weighted by atomic mass is 10.1. The van der Waals surface area contributed by atoms with E-state index in [0.29, 0.717) is 0 Å². The largest absolute Gasteiger partial charge is 0.480 e. The van der Waals surface area contributed by atoms with Crippen molar-refractivity contribution in [2.75, 3.05) is 49.2 Å². The number of morpholine rings is 1. The van der Waals surface area contributed by atoms with Crippen LogP contribution in [0.3, 0.4) is 0 Å². The molecule has 0 bridgehead atoms. The number of anilines is 2. The molecule has 1 N–H and O–H groups in total. The maximum atomic E-state index is 11.4. The second-order valence-corrected chi connectivity index (χ2v) is 11.7. The summed E-state index contributed by atoms with van der Waals surface area (Å²) in [5.41, 5.74) is 0.981. The Hall–Kier alpha value is -1.91. The van der Waals surface area contributed by atoms with Gasteiger partial charge in [-0.1, -0.05) is 44.4 Å². The Labute approximate surface area is 211 Å². The van der Waals surface area contributed by atoms with Gasteiger partial charge < -0.3 is 19.6 Å². The van der Waals surface area contributed by atoms with Gasteiger partial charge in [-0.15, -0.1) is 11.3 Å². The van der Waals surface area contributed by atoms with Crippen LogP contribution in [0.4, 0.5) is 11.8 Å². The third-order valence-corrected chi connectivity index (χ3v) is 7.98. The van der Waals surface area contributed by atoms with Crippen molar-refractivity contribution in [3.05, 3.63) is 23.3 Å². The first-order valence-electron chi connectivity index (χ1n) is 12.2. The van der Waals surface area contributed by atoms with Crippen molar-refractivity contribution in [2.45, 2.75) is 68.4 Å². The molecule has 10 heteroatoms. The van der Waals surface area contributed by atoms with Crippen molar-refractivity contribution in [2.24, 2.45) is 0 Å². The molecule has 1 aliphatic heterocycles. The predicted molar refractivity (Wildman–Crippen MR) is 139 cm³/mol. The predicted octanol–water partition coefficient (Wildman–Crippen LogP) is 4.74. The molecule has 0 aliphatic carbocycles. The zero-order chi connectivity index (χ0) is 24.4. The van der Waals surface area contributed by atoms with Gasteiger partial charge in [0, 0.05) is 44.2 Å². The van der Waals surface area contributed by atoms with E-state index in [1.54, 1.807) is 13.8 Å². The Morgan fingerprint density at radius 3 is 2.71 bits per heavy atom. The number of nitrogens with zero attached hydrogens (tertiary/aromatic N) is 5. The summed E-state index contributed by atoms with van der Waals surface area (Å²) in [4.78, 5) is 30.1. The molecule has 34 heavy (non-hydrogen) atoms. The van der Waals surface area contributed by atoms with Crippen LogP contribution in [-0.2, 0) is 16.0 Å². The van der Waals surface area contributed by atoms with Crippen LogP contribution in [0.15, 0.2) is 22.0 Å². The van der Waals surface area contributed by atoms with Gasteiger partial charge in [0.05, 0.1) is 18.9 Å². The van der Waals surface area contributed by atoms with Crippen molar-refractivity contribution in [1.82, 2.24) is 15.0 Å². The molecule has 1 aliphatic rings. The topological polar surface area (TPSA) is 91.7 Å². The van der Waals surface area contributed by atoms with Gasteiger partial charge in [-0.2, -0.15) is 4.98 Å². The van der Waals surface area contributed by atoms with Crippen molar-refractivity contribution in [1.29, 1.82) is 0 Å². The van der Waals surface area contributed by atoms with E-state index in [4.69, 9.17) is 9.72 Å². The van der Waals surface area contributed by atoms with E-state index < -0.39 is 10.7 Å². The van der Waals surface area contributed by atoms with Gasteiger partial charge in [-0.05, 0) is 26.3 Å². The average molecular weight is 508 g/mol. The number of carbonyl (C=O) groups is 1. The maximum Gasteiger partial charge on any atom is 0.319 e. The molecular formula is C24H37N5O3S2. The van der Waals surface area contributed by atoms with Crippen LogP contribution in [-0.4, -0.2) is 70.2 Å². The van der Waals surface area contributed by atoms with E-state index in [1.165, 1.54) is 48.8 Å². The van der Waals surface area contributed by atoms with E-state index in [9.17, 15) is 9.90 Å². The number of aromatic nitrogens is 3. The highest BCUT2D eigenvalue weighted by atomic mass is 32.2. The van der Waals surface area contributed by atoms with Crippen LogP contribution >= 0.6 is 23.1 Å². The second-order valence-electron chi connectivity index (χ2n) is 8.99. The molecule has 0 atom stereocenters. The van der Waals surface area contributed by atoms with Crippen LogP contribution < -0.4 is 9.80 Å². The monoisotopic (exact) mass is 507 g/mol. The lowest BCUT2D eigenvalue weighted by Gasteiger charge is -2.29. The highest BCUT2D eigenvalue weighted by Crippen LogP contribution is 2.34. The lowest BCUT2D eigenvalue weighted by Crippen LogP contribution is -2.37. The summed E-state index contributed by atoms with van der Waals surface area (Å²) in [5.74, 6) is 0.879. The fourth-order valence-corrected chi connectivity index (χ4v) is 5.87. The van der Waals surface area contributed by atoms with Crippen LogP contribution in [0.25, 0.3) is 0 Å². The number of hydrogen-bond acceptors (Lipinski definition) is 9. The van der Waals surface area contributed by atoms with Gasteiger partial charge in [0.1, 0.15) is 10.6 Å². The van der Waals surface area contributed by atoms with E-state index in [1.807, 2.05) is 17.6 Å². The fourth-order valence-electron chi connectivity index (χ4n) is 3.64. The highest BCUT2D eigenvalue weighted by Gasteiger charge is 2.29. The molecule has 2 aromatic rings. The number of unbranched alkanes of at least 4 members (excludes halogenated alkanes) is 4. The number of rotatable bonds is 14. The summed E-state index contributed by atoms with van der Waals surface area (Å²) in [6.45, 7) is 10.5. The molecule has 1 saturated heterocycles. The van der Waals surface area contributed by atoms with E-state index in [2.05, 4.69) is 26.7 Å². The van der Waals surface area contributed by atoms with Gasteiger partial charge in [0.15, 0.2) is 4.34 Å². The van der Waals surface area contributed by atoms with Crippen molar-refractivity contribution < 1.29 is 14.6 Å². The molecule has 8 nitrogen and oxygen atoms in total. The Kier molecular flexibility index (Phi) is 10.4. The summed E-state index contributed by atoms with van der Waals surface area (Å²) in [7, 11) is 0. The number of thiazole rings is 1. The van der Waals surface area contributed by atoms with E-state index in [0.717, 1.165) is 74.0 Å². The molecule has 3 heterocycles. The van der Waals surface area contributed by atoms with E-state index >= 15 is 0 Å². The van der Waals surface area contributed by atoms with Gasteiger partial charge in [0.25, 0.3) is 0 Å². The normalized spacial score (nSPS) is 14.4. The number of ether oxygens (including phenoxy) is 1. The number of hydrogen-bond donors (Lipinski definition) is 1. The number of aliphatic carboxylic acids is 1. The standard InChI is InChI=1S/C24H37N5O3S2/c1-4-5-6-7-8-12-29(22-25-11-9-20(27-22)28-14-16-32-17-15-28)13-10-19-18-33-23(26-19)34-24(2,3)21(30)31/h9,11,18H,4-8,10,12-17H2,1-3H3,(H,30,31). The Bertz CT molecular complexity index is 902. The van der Waals surface area contributed by atoms with Gasteiger partial charge in [0.2, 0.25) is 5.95 Å². The molecule has 0 saturated carbocycles. The minimum Gasteiger partial charge on any atom is -0.480 e. The summed E-state index contributed by atoms with van der Waals surface area (Å²) < 4.78 is 5.38. The Balaban J connectivity index is 1.66. The van der Waals surface area contributed by atoms with Gasteiger partial charge >= 0.3 is 5.97 Å². The summed E-state index contributed by atoms with van der Waals surface area (Å²) in [6.07, 6.45) is 8.69. The first-order valence-corrected chi connectivity index (χ1v) is 13.9. The third kappa shape index (κ3) is 8.09. The number of carboxylic acid groups (broad SMARTS) is 1. The molecule has 0 spiro atoms. The van der Waals surface area contributed by atoms with Gasteiger partial charge in [-0.3, -0.25) is 4.79 Å². The summed E-state index contributed by atoms with van der Waals surface area (Å²) >= 11 is 2.81. The lowest BCUT2D eigenvalue weighted by molar-refractivity contribution is -0.138. The molecule has 0 unspecified atom stereocenters. The maximum absolute atomic E-state index is 11.4. The second kappa shape index (κ2) is 13.3. The molecule has 1 fully saturated rings. The van der Waals surface area contributed by atoms with Crippen molar-refractivity contribution in [3.63, 3.8) is 0 Å². The zero-order valence-electron chi connectivity index (χ0n) is 20.5. The molecule has 0 aromatic carbocycles. The number of carboxylic acids is 1. The fraction of sp³-hybridized carbons (Fsp3) is 0.667. The van der Waals surface area contributed by atoms with Crippen molar-refractivity contribution in [3.8, 4) is 0 Å². The zero-order valence-corrected chi connectivity index (χ0v) is 22.2. The smallest absolute Gasteiger partial charge is 0.319 e.